The molecule has 0 radical (unpaired) electrons. The lowest BCUT2D eigenvalue weighted by molar-refractivity contribution is 0.0228. The van der Waals surface area contributed by atoms with Gasteiger partial charge in [-0.15, -0.1) is 0 Å². The number of carbonyl (C=O) groups is 1. The van der Waals surface area contributed by atoms with Crippen molar-refractivity contribution in [3.63, 3.8) is 0 Å². The van der Waals surface area contributed by atoms with Crippen molar-refractivity contribution in [2.24, 2.45) is 0 Å². The fourth-order valence-electron chi connectivity index (χ4n) is 4.59. The maximum atomic E-state index is 12.9. The largest absolute Gasteiger partial charge is 0.495 e. The van der Waals surface area contributed by atoms with E-state index in [1.54, 1.807) is 33.0 Å². The summed E-state index contributed by atoms with van der Waals surface area (Å²) in [7, 11) is -0.405. The highest BCUT2D eigenvalue weighted by atomic mass is 35.5. The topological polar surface area (TPSA) is 132 Å². The molecule has 1 fully saturated rings. The molecular weight excluding hydrogens is 593 g/mol. The third-order valence-corrected chi connectivity index (χ3v) is 7.84. The summed E-state index contributed by atoms with van der Waals surface area (Å²) in [6.45, 7) is 5.70. The van der Waals surface area contributed by atoms with Crippen LogP contribution in [0.1, 0.15) is 27.2 Å². The third kappa shape index (κ3) is 7.42. The van der Waals surface area contributed by atoms with Gasteiger partial charge in [-0.2, -0.15) is 0 Å². The van der Waals surface area contributed by atoms with E-state index >= 15 is 0 Å². The van der Waals surface area contributed by atoms with Gasteiger partial charge in [0.2, 0.25) is 16.0 Å². The van der Waals surface area contributed by atoms with E-state index in [-0.39, 0.29) is 12.6 Å². The molecule has 2 heterocycles. The standard InChI is InChI=1S/C27H33Cl2N5O6S/c1-27(2,3)40-26(35)34-14-17(10-18(34)13-31-41(6,36)37)32-25-30-12-16-9-15(7-8-19(16)33-25)22-23(28)20(38-4)11-21(39-5)24(22)29/h7-9,11-12,17-18,31H,10,13-14H2,1-6H3,(H,30,32,33). The molecule has 0 aliphatic carbocycles. The minimum absolute atomic E-state index is 0.0672. The second kappa shape index (κ2) is 12.0. The fourth-order valence-corrected chi connectivity index (χ4v) is 5.80. The van der Waals surface area contributed by atoms with Crippen LogP contribution < -0.4 is 19.5 Å². The fraction of sp³-hybridized carbons (Fsp3) is 0.444. The van der Waals surface area contributed by atoms with Gasteiger partial charge in [-0.25, -0.2) is 27.9 Å². The number of sulfonamides is 1. The Hall–Kier alpha value is -3.06. The van der Waals surface area contributed by atoms with Crippen molar-refractivity contribution < 1.29 is 27.4 Å². The minimum atomic E-state index is -3.44. The second-order valence-electron chi connectivity index (χ2n) is 10.7. The molecule has 222 valence electrons. The number of rotatable bonds is 8. The van der Waals surface area contributed by atoms with E-state index in [4.69, 9.17) is 37.4 Å². The normalized spacial score (nSPS) is 17.5. The SMILES string of the molecule is COc1cc(OC)c(Cl)c(-c2ccc3nc(NC4CC(CNS(C)(=O)=O)N(C(=O)OC(C)(C)C)C4)ncc3c2)c1Cl. The lowest BCUT2D eigenvalue weighted by Gasteiger charge is -2.28. The van der Waals surface area contributed by atoms with Gasteiger partial charge in [0.1, 0.15) is 17.1 Å². The third-order valence-electron chi connectivity index (χ3n) is 6.40. The second-order valence-corrected chi connectivity index (χ2v) is 13.3. The Labute approximate surface area is 249 Å². The Balaban J connectivity index is 1.57. The first kappa shape index (κ1) is 30.9. The number of likely N-dealkylation sites (tertiary alicyclic amines) is 1. The molecule has 0 spiro atoms. The number of ether oxygens (including phenoxy) is 3. The first-order chi connectivity index (χ1) is 19.2. The van der Waals surface area contributed by atoms with Crippen LogP contribution in [0.3, 0.4) is 0 Å². The molecule has 1 amide bonds. The summed E-state index contributed by atoms with van der Waals surface area (Å²) in [6, 6.07) is 6.54. The van der Waals surface area contributed by atoms with Gasteiger partial charge in [0, 0.05) is 42.3 Å². The molecule has 1 aromatic heterocycles. The van der Waals surface area contributed by atoms with Crippen molar-refractivity contribution >= 4 is 56.2 Å². The Kier molecular flexibility index (Phi) is 9.07. The molecule has 1 saturated heterocycles. The number of nitrogens with zero attached hydrogens (tertiary/aromatic N) is 3. The van der Waals surface area contributed by atoms with E-state index in [2.05, 4.69) is 20.0 Å². The van der Waals surface area contributed by atoms with Crippen LogP contribution >= 0.6 is 23.2 Å². The molecule has 2 N–H and O–H groups in total. The Morgan fingerprint density at radius 2 is 1.78 bits per heavy atom. The van der Waals surface area contributed by atoms with Crippen LogP contribution in [-0.2, 0) is 14.8 Å². The summed E-state index contributed by atoms with van der Waals surface area (Å²) in [5, 5.41) is 4.74. The molecule has 2 unspecified atom stereocenters. The number of methoxy groups -OCH3 is 2. The number of benzene rings is 2. The van der Waals surface area contributed by atoms with Gasteiger partial charge < -0.3 is 24.4 Å². The van der Waals surface area contributed by atoms with Crippen molar-refractivity contribution in [1.29, 1.82) is 0 Å². The average Bonchev–Trinajstić information content (AvgIpc) is 3.29. The van der Waals surface area contributed by atoms with Crippen LogP contribution in [0.4, 0.5) is 10.7 Å². The average molecular weight is 627 g/mol. The van der Waals surface area contributed by atoms with Gasteiger partial charge in [-0.1, -0.05) is 29.3 Å². The van der Waals surface area contributed by atoms with Gasteiger partial charge in [-0.05, 0) is 44.9 Å². The summed E-state index contributed by atoms with van der Waals surface area (Å²) < 4.78 is 42.2. The highest BCUT2D eigenvalue weighted by Crippen LogP contribution is 2.46. The highest BCUT2D eigenvalue weighted by molar-refractivity contribution is 7.88. The van der Waals surface area contributed by atoms with Crippen molar-refractivity contribution in [2.45, 2.75) is 44.9 Å². The molecule has 1 aliphatic heterocycles. The lowest BCUT2D eigenvalue weighted by Crippen LogP contribution is -2.45. The molecular formula is C27H33Cl2N5O6S. The van der Waals surface area contributed by atoms with Crippen LogP contribution in [0, 0.1) is 0 Å². The zero-order chi connectivity index (χ0) is 30.1. The summed E-state index contributed by atoms with van der Waals surface area (Å²) >= 11 is 13.2. The number of amides is 1. The van der Waals surface area contributed by atoms with Crippen molar-refractivity contribution in [1.82, 2.24) is 19.6 Å². The maximum absolute atomic E-state index is 12.9. The van der Waals surface area contributed by atoms with Crippen LogP contribution in [0.15, 0.2) is 30.5 Å². The van der Waals surface area contributed by atoms with E-state index in [9.17, 15) is 13.2 Å². The zero-order valence-corrected chi connectivity index (χ0v) is 25.9. The number of hydrogen-bond donors (Lipinski definition) is 2. The Morgan fingerprint density at radius 1 is 1.12 bits per heavy atom. The smallest absolute Gasteiger partial charge is 0.410 e. The van der Waals surface area contributed by atoms with Crippen molar-refractivity contribution in [3.8, 4) is 22.6 Å². The molecule has 4 rings (SSSR count). The predicted molar refractivity (Wildman–Crippen MR) is 160 cm³/mol. The number of aromatic nitrogens is 2. The zero-order valence-electron chi connectivity index (χ0n) is 23.6. The first-order valence-corrected chi connectivity index (χ1v) is 15.4. The first-order valence-electron chi connectivity index (χ1n) is 12.8. The number of anilines is 1. The van der Waals surface area contributed by atoms with Crippen molar-refractivity contribution in [2.75, 3.05) is 38.9 Å². The van der Waals surface area contributed by atoms with Gasteiger partial charge in [0.15, 0.2) is 0 Å². The van der Waals surface area contributed by atoms with E-state index < -0.39 is 27.8 Å². The lowest BCUT2D eigenvalue weighted by atomic mass is 10.0. The quantitative estimate of drug-likeness (QED) is 0.356. The molecule has 14 heteroatoms. The Morgan fingerprint density at radius 3 is 2.37 bits per heavy atom. The molecule has 11 nitrogen and oxygen atoms in total. The molecule has 2 atom stereocenters. The number of halogens is 2. The maximum Gasteiger partial charge on any atom is 0.410 e. The number of fused-ring (bicyclic) bond motifs is 1. The van der Waals surface area contributed by atoms with E-state index in [0.717, 1.165) is 17.2 Å². The van der Waals surface area contributed by atoms with E-state index in [1.165, 1.54) is 19.1 Å². The van der Waals surface area contributed by atoms with E-state index in [1.807, 2.05) is 18.2 Å². The summed E-state index contributed by atoms with van der Waals surface area (Å²) in [4.78, 5) is 23.5. The van der Waals surface area contributed by atoms with E-state index in [0.29, 0.717) is 51.5 Å². The minimum Gasteiger partial charge on any atom is -0.495 e. The molecule has 2 aromatic carbocycles. The summed E-state index contributed by atoms with van der Waals surface area (Å²) in [5.74, 6) is 1.23. The number of nitrogens with one attached hydrogen (secondary N) is 2. The van der Waals surface area contributed by atoms with Crippen LogP contribution in [-0.4, -0.2) is 80.6 Å². The monoisotopic (exact) mass is 625 g/mol. The molecule has 0 saturated carbocycles. The summed E-state index contributed by atoms with van der Waals surface area (Å²) in [5.41, 5.74) is 1.28. The van der Waals surface area contributed by atoms with Gasteiger partial charge in [-0.3, -0.25) is 0 Å². The summed E-state index contributed by atoms with van der Waals surface area (Å²) in [6.07, 6.45) is 2.71. The highest BCUT2D eigenvalue weighted by Gasteiger charge is 2.38. The number of hydrogen-bond acceptors (Lipinski definition) is 9. The Bertz CT molecular complexity index is 1540. The molecule has 41 heavy (non-hydrogen) atoms. The van der Waals surface area contributed by atoms with Crippen LogP contribution in [0.2, 0.25) is 10.0 Å². The van der Waals surface area contributed by atoms with Gasteiger partial charge in [0.25, 0.3) is 0 Å². The number of carbonyl (C=O) groups excluding carboxylic acids is 1. The molecule has 3 aromatic rings. The van der Waals surface area contributed by atoms with Gasteiger partial charge in [0.05, 0.1) is 42.1 Å². The van der Waals surface area contributed by atoms with Gasteiger partial charge >= 0.3 is 6.09 Å². The molecule has 1 aliphatic rings. The predicted octanol–water partition coefficient (Wildman–Crippen LogP) is 4.96. The van der Waals surface area contributed by atoms with Crippen molar-refractivity contribution in [3.05, 3.63) is 40.5 Å². The van der Waals surface area contributed by atoms with Crippen LogP contribution in [0.5, 0.6) is 11.5 Å². The van der Waals surface area contributed by atoms with Crippen LogP contribution in [0.25, 0.3) is 22.0 Å². The molecule has 0 bridgehead atoms.